The normalized spacial score (nSPS) is 17.6. The van der Waals surface area contributed by atoms with Crippen LogP contribution in [0.2, 0.25) is 0 Å². The maximum atomic E-state index is 12.5. The topological polar surface area (TPSA) is 91.4 Å². The van der Waals surface area contributed by atoms with Crippen molar-refractivity contribution >= 4 is 23.5 Å². The lowest BCUT2D eigenvalue weighted by atomic mass is 10.1. The van der Waals surface area contributed by atoms with Crippen LogP contribution < -0.4 is 14.4 Å². The molecule has 1 fully saturated rings. The molecule has 0 aromatic heterocycles. The number of esters is 2. The highest BCUT2D eigenvalue weighted by Gasteiger charge is 2.36. The third-order valence-corrected chi connectivity index (χ3v) is 5.05. The number of carbonyl (C=O) groups excluding carboxylic acids is 3. The van der Waals surface area contributed by atoms with E-state index in [1.807, 2.05) is 0 Å². The molecule has 2 aromatic carbocycles. The number of rotatable bonds is 5. The molecule has 8 nitrogen and oxygen atoms in total. The van der Waals surface area contributed by atoms with E-state index in [1.54, 1.807) is 47.4 Å². The maximum Gasteiger partial charge on any atom is 0.337 e. The number of amides is 1. The molecule has 0 saturated carbocycles. The van der Waals surface area contributed by atoms with Crippen molar-refractivity contribution in [3.05, 3.63) is 53.6 Å². The zero-order valence-electron chi connectivity index (χ0n) is 16.5. The molecule has 2 aliphatic rings. The zero-order chi connectivity index (χ0) is 21.1. The van der Waals surface area contributed by atoms with Crippen LogP contribution in [-0.2, 0) is 25.7 Å². The summed E-state index contributed by atoms with van der Waals surface area (Å²) in [4.78, 5) is 38.0. The lowest BCUT2D eigenvalue weighted by Gasteiger charge is -2.22. The minimum Gasteiger partial charge on any atom is -0.486 e. The second-order valence-electron chi connectivity index (χ2n) is 7.03. The molecule has 1 saturated heterocycles. The molecule has 0 spiro atoms. The largest absolute Gasteiger partial charge is 0.486 e. The summed E-state index contributed by atoms with van der Waals surface area (Å²) in [5.41, 5.74) is 1.83. The lowest BCUT2D eigenvalue weighted by Crippen LogP contribution is -2.26. The second kappa shape index (κ2) is 8.44. The van der Waals surface area contributed by atoms with Crippen LogP contribution in [0, 0.1) is 5.92 Å². The molecule has 0 radical (unpaired) electrons. The van der Waals surface area contributed by atoms with Crippen molar-refractivity contribution < 1.29 is 33.3 Å². The smallest absolute Gasteiger partial charge is 0.337 e. The zero-order valence-corrected chi connectivity index (χ0v) is 16.5. The van der Waals surface area contributed by atoms with E-state index in [1.165, 1.54) is 7.11 Å². The third kappa shape index (κ3) is 4.07. The first-order chi connectivity index (χ1) is 14.5. The monoisotopic (exact) mass is 411 g/mol. The Balaban J connectivity index is 1.35. The summed E-state index contributed by atoms with van der Waals surface area (Å²) in [7, 11) is 1.31. The van der Waals surface area contributed by atoms with Crippen molar-refractivity contribution in [2.45, 2.75) is 13.0 Å². The van der Waals surface area contributed by atoms with Gasteiger partial charge in [0.15, 0.2) is 11.5 Å². The van der Waals surface area contributed by atoms with Crippen molar-refractivity contribution in [1.82, 2.24) is 0 Å². The average molecular weight is 411 g/mol. The van der Waals surface area contributed by atoms with Crippen LogP contribution in [-0.4, -0.2) is 44.7 Å². The molecule has 0 aliphatic carbocycles. The Hall–Kier alpha value is -3.55. The molecule has 1 amide bonds. The quantitative estimate of drug-likeness (QED) is 0.698. The molecule has 156 valence electrons. The Morgan fingerprint density at radius 2 is 1.80 bits per heavy atom. The van der Waals surface area contributed by atoms with Crippen LogP contribution >= 0.6 is 0 Å². The number of nitrogens with zero attached hydrogens (tertiary/aromatic N) is 1. The molecule has 2 aromatic rings. The Morgan fingerprint density at radius 1 is 1.07 bits per heavy atom. The van der Waals surface area contributed by atoms with Gasteiger partial charge in [-0.15, -0.1) is 0 Å². The lowest BCUT2D eigenvalue weighted by molar-refractivity contribution is -0.149. The number of ether oxygens (including phenoxy) is 4. The predicted octanol–water partition coefficient (Wildman–Crippen LogP) is 2.34. The fraction of sp³-hybridized carbons (Fsp3) is 0.318. The molecule has 0 unspecified atom stereocenters. The van der Waals surface area contributed by atoms with Crippen LogP contribution in [0.3, 0.4) is 0 Å². The van der Waals surface area contributed by atoms with Gasteiger partial charge in [0.25, 0.3) is 0 Å². The van der Waals surface area contributed by atoms with Gasteiger partial charge in [-0.05, 0) is 29.8 Å². The first-order valence-corrected chi connectivity index (χ1v) is 9.59. The van der Waals surface area contributed by atoms with E-state index in [0.717, 1.165) is 5.56 Å². The van der Waals surface area contributed by atoms with E-state index in [-0.39, 0.29) is 25.5 Å². The van der Waals surface area contributed by atoms with Crippen molar-refractivity contribution in [3.8, 4) is 11.5 Å². The van der Waals surface area contributed by atoms with Gasteiger partial charge in [0.2, 0.25) is 5.91 Å². The highest BCUT2D eigenvalue weighted by molar-refractivity contribution is 5.99. The molecule has 2 heterocycles. The van der Waals surface area contributed by atoms with E-state index >= 15 is 0 Å². The van der Waals surface area contributed by atoms with Gasteiger partial charge >= 0.3 is 11.9 Å². The molecule has 8 heteroatoms. The van der Waals surface area contributed by atoms with Gasteiger partial charge < -0.3 is 23.8 Å². The molecule has 30 heavy (non-hydrogen) atoms. The Labute approximate surface area is 173 Å². The Morgan fingerprint density at radius 3 is 2.53 bits per heavy atom. The van der Waals surface area contributed by atoms with Gasteiger partial charge in [0, 0.05) is 24.7 Å². The average Bonchev–Trinajstić information content (AvgIpc) is 3.18. The van der Waals surface area contributed by atoms with Crippen molar-refractivity contribution in [2.24, 2.45) is 5.92 Å². The van der Waals surface area contributed by atoms with E-state index in [9.17, 15) is 14.4 Å². The SMILES string of the molecule is COC(=O)c1ccc(COC(=O)[C@@H]2CC(=O)N(c3ccc4c(c3)OCCO4)C2)cc1. The van der Waals surface area contributed by atoms with E-state index in [4.69, 9.17) is 14.2 Å². The Bertz CT molecular complexity index is 970. The van der Waals surface area contributed by atoms with Crippen molar-refractivity contribution in [3.63, 3.8) is 0 Å². The van der Waals surface area contributed by atoms with Gasteiger partial charge in [-0.3, -0.25) is 9.59 Å². The predicted molar refractivity (Wildman–Crippen MR) is 105 cm³/mol. The number of carbonyl (C=O) groups is 3. The van der Waals surface area contributed by atoms with Crippen LogP contribution in [0.1, 0.15) is 22.3 Å². The van der Waals surface area contributed by atoms with E-state index < -0.39 is 17.9 Å². The number of hydrogen-bond acceptors (Lipinski definition) is 7. The van der Waals surface area contributed by atoms with Gasteiger partial charge in [-0.1, -0.05) is 12.1 Å². The second-order valence-corrected chi connectivity index (χ2v) is 7.03. The fourth-order valence-corrected chi connectivity index (χ4v) is 3.44. The van der Waals surface area contributed by atoms with E-state index in [2.05, 4.69) is 4.74 Å². The number of anilines is 1. The van der Waals surface area contributed by atoms with Crippen LogP contribution in [0.15, 0.2) is 42.5 Å². The molecule has 0 bridgehead atoms. The number of methoxy groups -OCH3 is 1. The minimum absolute atomic E-state index is 0.0645. The maximum absolute atomic E-state index is 12.5. The molecular weight excluding hydrogens is 390 g/mol. The number of benzene rings is 2. The molecular formula is C22H21NO7. The molecule has 1 atom stereocenters. The van der Waals surface area contributed by atoms with Crippen molar-refractivity contribution in [2.75, 3.05) is 31.8 Å². The van der Waals surface area contributed by atoms with Gasteiger partial charge in [-0.2, -0.15) is 0 Å². The molecule has 2 aliphatic heterocycles. The Kier molecular flexibility index (Phi) is 5.56. The highest BCUT2D eigenvalue weighted by Crippen LogP contribution is 2.36. The van der Waals surface area contributed by atoms with Crippen LogP contribution in [0.25, 0.3) is 0 Å². The van der Waals surface area contributed by atoms with Crippen molar-refractivity contribution in [1.29, 1.82) is 0 Å². The first kappa shape index (κ1) is 19.8. The number of fused-ring (bicyclic) bond motifs is 1. The van der Waals surface area contributed by atoms with Crippen LogP contribution in [0.4, 0.5) is 5.69 Å². The summed E-state index contributed by atoms with van der Waals surface area (Å²) in [6.07, 6.45) is 0.0918. The highest BCUT2D eigenvalue weighted by atomic mass is 16.6. The summed E-state index contributed by atoms with van der Waals surface area (Å²) in [6.45, 7) is 1.27. The first-order valence-electron chi connectivity index (χ1n) is 9.59. The minimum atomic E-state index is -0.542. The van der Waals surface area contributed by atoms with Gasteiger partial charge in [-0.25, -0.2) is 4.79 Å². The van der Waals surface area contributed by atoms with Gasteiger partial charge in [0.05, 0.1) is 18.6 Å². The molecule has 4 rings (SSSR count). The van der Waals surface area contributed by atoms with Crippen LogP contribution in [0.5, 0.6) is 11.5 Å². The summed E-state index contributed by atoms with van der Waals surface area (Å²) >= 11 is 0. The fourth-order valence-electron chi connectivity index (χ4n) is 3.44. The van der Waals surface area contributed by atoms with Gasteiger partial charge in [0.1, 0.15) is 19.8 Å². The number of hydrogen-bond donors (Lipinski definition) is 0. The summed E-state index contributed by atoms with van der Waals surface area (Å²) < 4.78 is 21.1. The summed E-state index contributed by atoms with van der Waals surface area (Å²) in [5, 5.41) is 0. The standard InChI is InChI=1S/C22H21NO7/c1-27-21(25)15-4-2-14(3-5-15)13-30-22(26)16-10-20(24)23(12-16)17-6-7-18-19(11-17)29-9-8-28-18/h2-7,11,16H,8-10,12-13H2,1H3/t16-/m1/s1. The molecule has 0 N–H and O–H groups in total. The third-order valence-electron chi connectivity index (χ3n) is 5.05. The summed E-state index contributed by atoms with van der Waals surface area (Å²) in [5.74, 6) is -0.308. The summed E-state index contributed by atoms with van der Waals surface area (Å²) in [6, 6.07) is 11.9. The van der Waals surface area contributed by atoms with E-state index in [0.29, 0.717) is 36.0 Å².